The number of benzene rings is 2. The van der Waals surface area contributed by atoms with Gasteiger partial charge in [-0.15, -0.1) is 0 Å². The predicted octanol–water partition coefficient (Wildman–Crippen LogP) is 5.16. The predicted molar refractivity (Wildman–Crippen MR) is 108 cm³/mol. The minimum atomic E-state index is -0.103. The number of carbonyl (C=O) groups excluding carboxylic acids is 1. The summed E-state index contributed by atoms with van der Waals surface area (Å²) in [6.45, 7) is 2.83. The largest absolute Gasteiger partial charge is 0.497 e. The first-order valence-corrected chi connectivity index (χ1v) is 9.48. The van der Waals surface area contributed by atoms with Crippen LogP contribution in [-0.4, -0.2) is 31.7 Å². The summed E-state index contributed by atoms with van der Waals surface area (Å²) in [5.74, 6) is 1.29. The van der Waals surface area contributed by atoms with Gasteiger partial charge in [-0.2, -0.15) is 0 Å². The van der Waals surface area contributed by atoms with E-state index >= 15 is 0 Å². The Hall–Kier alpha value is -2.69. The third-order valence-electron chi connectivity index (χ3n) is 5.12. The van der Waals surface area contributed by atoms with Crippen molar-refractivity contribution >= 4 is 11.7 Å². The van der Waals surface area contributed by atoms with E-state index in [9.17, 15) is 4.79 Å². The summed E-state index contributed by atoms with van der Waals surface area (Å²) < 4.78 is 10.7. The van der Waals surface area contributed by atoms with Crippen LogP contribution < -0.4 is 14.8 Å². The molecule has 1 saturated heterocycles. The maximum Gasteiger partial charge on any atom is 0.322 e. The van der Waals surface area contributed by atoms with Crippen molar-refractivity contribution in [1.82, 2.24) is 4.90 Å². The molecule has 0 radical (unpaired) electrons. The fourth-order valence-electron chi connectivity index (χ4n) is 3.59. The first-order chi connectivity index (χ1) is 13.1. The normalized spacial score (nSPS) is 17.1. The molecule has 0 aromatic heterocycles. The van der Waals surface area contributed by atoms with Crippen LogP contribution in [0.4, 0.5) is 10.5 Å². The Bertz CT molecular complexity index is 774. The van der Waals surface area contributed by atoms with Gasteiger partial charge in [-0.25, -0.2) is 4.79 Å². The first kappa shape index (κ1) is 19.1. The summed E-state index contributed by atoms with van der Waals surface area (Å²) in [6, 6.07) is 13.9. The molecule has 2 aromatic rings. The molecule has 1 N–H and O–H groups in total. The number of hydrogen-bond donors (Lipinski definition) is 1. The van der Waals surface area contributed by atoms with E-state index in [0.29, 0.717) is 17.2 Å². The van der Waals surface area contributed by atoms with Gasteiger partial charge in [0.25, 0.3) is 0 Å². The van der Waals surface area contributed by atoms with E-state index in [-0.39, 0.29) is 12.1 Å². The van der Waals surface area contributed by atoms with Crippen LogP contribution in [0.15, 0.2) is 42.5 Å². The van der Waals surface area contributed by atoms with Crippen molar-refractivity contribution in [3.63, 3.8) is 0 Å². The third-order valence-corrected chi connectivity index (χ3v) is 5.12. The second-order valence-electron chi connectivity index (χ2n) is 6.97. The number of amides is 2. The van der Waals surface area contributed by atoms with Crippen molar-refractivity contribution in [3.05, 3.63) is 53.6 Å². The molecule has 1 heterocycles. The van der Waals surface area contributed by atoms with Crippen LogP contribution in [0, 0.1) is 6.92 Å². The number of urea groups is 1. The number of nitrogens with zero attached hydrogens (tertiary/aromatic N) is 1. The Kier molecular flexibility index (Phi) is 6.22. The molecule has 144 valence electrons. The van der Waals surface area contributed by atoms with Gasteiger partial charge in [0.1, 0.15) is 11.5 Å². The smallest absolute Gasteiger partial charge is 0.322 e. The Morgan fingerprint density at radius 1 is 1.04 bits per heavy atom. The van der Waals surface area contributed by atoms with E-state index in [0.717, 1.165) is 32.2 Å². The van der Waals surface area contributed by atoms with E-state index in [1.807, 2.05) is 11.0 Å². The molecule has 1 atom stereocenters. The number of carbonyl (C=O) groups is 1. The fourth-order valence-corrected chi connectivity index (χ4v) is 3.59. The van der Waals surface area contributed by atoms with Gasteiger partial charge >= 0.3 is 6.03 Å². The second-order valence-corrected chi connectivity index (χ2v) is 6.97. The lowest BCUT2D eigenvalue weighted by Crippen LogP contribution is -2.38. The van der Waals surface area contributed by atoms with Crippen LogP contribution in [0.1, 0.15) is 42.9 Å². The number of nitrogens with one attached hydrogen (secondary N) is 1. The van der Waals surface area contributed by atoms with Crippen LogP contribution in [0.25, 0.3) is 0 Å². The van der Waals surface area contributed by atoms with Crippen LogP contribution in [0.3, 0.4) is 0 Å². The molecule has 5 heteroatoms. The SMILES string of the molecule is COc1ccc(OC)c(NC(=O)N2CCCCC[C@@H]2c2ccc(C)cc2)c1. The second kappa shape index (κ2) is 8.80. The molecule has 0 aliphatic carbocycles. The molecule has 27 heavy (non-hydrogen) atoms. The number of rotatable bonds is 4. The minimum absolute atomic E-state index is 0.0877. The van der Waals surface area contributed by atoms with Crippen LogP contribution >= 0.6 is 0 Å². The van der Waals surface area contributed by atoms with Gasteiger partial charge in [-0.1, -0.05) is 42.7 Å². The molecule has 2 aromatic carbocycles. The monoisotopic (exact) mass is 368 g/mol. The summed E-state index contributed by atoms with van der Waals surface area (Å²) in [5, 5.41) is 3.03. The number of aryl methyl sites for hydroxylation is 1. The van der Waals surface area contributed by atoms with Gasteiger partial charge in [0, 0.05) is 12.6 Å². The fraction of sp³-hybridized carbons (Fsp3) is 0.409. The molecule has 5 nitrogen and oxygen atoms in total. The average molecular weight is 368 g/mol. The van der Waals surface area contributed by atoms with Crippen molar-refractivity contribution in [3.8, 4) is 11.5 Å². The van der Waals surface area contributed by atoms with Crippen LogP contribution in [0.5, 0.6) is 11.5 Å². The van der Waals surface area contributed by atoms with E-state index in [1.54, 1.807) is 26.4 Å². The molecule has 0 saturated carbocycles. The van der Waals surface area contributed by atoms with Gasteiger partial charge in [-0.3, -0.25) is 0 Å². The molecule has 0 spiro atoms. The molecule has 1 aliphatic heterocycles. The van der Waals surface area contributed by atoms with Crippen LogP contribution in [0.2, 0.25) is 0 Å². The first-order valence-electron chi connectivity index (χ1n) is 9.48. The third kappa shape index (κ3) is 4.54. The standard InChI is InChI=1S/C22H28N2O3/c1-16-8-10-17(11-9-16)20-7-5-4-6-14-24(20)22(25)23-19-15-18(26-2)12-13-21(19)27-3/h8-13,15,20H,4-7,14H2,1-3H3,(H,23,25)/t20-/m1/s1. The molecule has 1 aliphatic rings. The van der Waals surface area contributed by atoms with Crippen molar-refractivity contribution in [2.24, 2.45) is 0 Å². The highest BCUT2D eigenvalue weighted by Crippen LogP contribution is 2.33. The van der Waals surface area contributed by atoms with Crippen molar-refractivity contribution in [2.45, 2.75) is 38.6 Å². The maximum absolute atomic E-state index is 13.2. The Labute approximate surface area is 161 Å². The zero-order chi connectivity index (χ0) is 19.2. The van der Waals surface area contributed by atoms with E-state index < -0.39 is 0 Å². The van der Waals surface area contributed by atoms with E-state index in [4.69, 9.17) is 9.47 Å². The molecule has 0 unspecified atom stereocenters. The highest BCUT2D eigenvalue weighted by molar-refractivity contribution is 5.91. The number of anilines is 1. The highest BCUT2D eigenvalue weighted by atomic mass is 16.5. The van der Waals surface area contributed by atoms with Gasteiger partial charge in [0.2, 0.25) is 0 Å². The molecule has 3 rings (SSSR count). The summed E-state index contributed by atoms with van der Waals surface area (Å²) in [7, 11) is 3.20. The zero-order valence-electron chi connectivity index (χ0n) is 16.3. The molecule has 0 bridgehead atoms. The topological polar surface area (TPSA) is 50.8 Å². The molecular weight excluding hydrogens is 340 g/mol. The lowest BCUT2D eigenvalue weighted by atomic mass is 10.00. The van der Waals surface area contributed by atoms with Crippen LogP contribution in [-0.2, 0) is 0 Å². The van der Waals surface area contributed by atoms with Gasteiger partial charge < -0.3 is 19.7 Å². The Morgan fingerprint density at radius 2 is 1.81 bits per heavy atom. The van der Waals surface area contributed by atoms with E-state index in [2.05, 4.69) is 36.5 Å². The maximum atomic E-state index is 13.2. The summed E-state index contributed by atoms with van der Waals surface area (Å²) in [4.78, 5) is 15.1. The minimum Gasteiger partial charge on any atom is -0.497 e. The number of hydrogen-bond acceptors (Lipinski definition) is 3. The molecule has 2 amide bonds. The number of likely N-dealkylation sites (tertiary alicyclic amines) is 1. The van der Waals surface area contributed by atoms with Crippen molar-refractivity contribution < 1.29 is 14.3 Å². The Morgan fingerprint density at radius 3 is 2.52 bits per heavy atom. The number of methoxy groups -OCH3 is 2. The lowest BCUT2D eigenvalue weighted by molar-refractivity contribution is 0.189. The van der Waals surface area contributed by atoms with E-state index in [1.165, 1.54) is 11.1 Å². The van der Waals surface area contributed by atoms with Gasteiger partial charge in [0.15, 0.2) is 0 Å². The van der Waals surface area contributed by atoms with Gasteiger partial charge in [0.05, 0.1) is 25.9 Å². The molecular formula is C22H28N2O3. The highest BCUT2D eigenvalue weighted by Gasteiger charge is 2.27. The summed E-state index contributed by atoms with van der Waals surface area (Å²) in [6.07, 6.45) is 4.27. The summed E-state index contributed by atoms with van der Waals surface area (Å²) in [5.41, 5.74) is 3.04. The number of ether oxygens (including phenoxy) is 2. The quantitative estimate of drug-likeness (QED) is 0.811. The Balaban J connectivity index is 1.85. The van der Waals surface area contributed by atoms with Crippen molar-refractivity contribution in [2.75, 3.05) is 26.1 Å². The lowest BCUT2D eigenvalue weighted by Gasteiger charge is -2.31. The summed E-state index contributed by atoms with van der Waals surface area (Å²) >= 11 is 0. The average Bonchev–Trinajstić information content (AvgIpc) is 2.94. The van der Waals surface area contributed by atoms with Gasteiger partial charge in [-0.05, 0) is 37.5 Å². The zero-order valence-corrected chi connectivity index (χ0v) is 16.3. The van der Waals surface area contributed by atoms with Crippen molar-refractivity contribution in [1.29, 1.82) is 0 Å². The molecule has 1 fully saturated rings.